The monoisotopic (exact) mass is 277 g/mol. The maximum atomic E-state index is 11.3. The number of carboxylic acid groups (broad SMARTS) is 1. The van der Waals surface area contributed by atoms with Crippen LogP contribution in [0.1, 0.15) is 0 Å². The van der Waals surface area contributed by atoms with Crippen molar-refractivity contribution in [3.05, 3.63) is 40.8 Å². The van der Waals surface area contributed by atoms with E-state index in [1.165, 1.54) is 12.1 Å². The summed E-state index contributed by atoms with van der Waals surface area (Å²) < 4.78 is 10.2. The summed E-state index contributed by atoms with van der Waals surface area (Å²) in [6.07, 6.45) is 0. The van der Waals surface area contributed by atoms with E-state index in [2.05, 4.69) is 5.32 Å². The van der Waals surface area contributed by atoms with Gasteiger partial charge in [-0.05, 0) is 18.2 Å². The van der Waals surface area contributed by atoms with Crippen molar-refractivity contribution in [2.24, 2.45) is 0 Å². The smallest absolute Gasteiger partial charge is 0.336 e. The molecule has 1 amide bonds. The van der Waals surface area contributed by atoms with Crippen LogP contribution in [0.25, 0.3) is 11.0 Å². The summed E-state index contributed by atoms with van der Waals surface area (Å²) in [4.78, 5) is 32.6. The van der Waals surface area contributed by atoms with E-state index in [9.17, 15) is 14.4 Å². The van der Waals surface area contributed by atoms with Crippen molar-refractivity contribution in [3.63, 3.8) is 0 Å². The molecule has 0 fully saturated rings. The molecular weight excluding hydrogens is 266 g/mol. The minimum absolute atomic E-state index is 0.324. The molecule has 2 rings (SSSR count). The Balaban J connectivity index is 2.01. The van der Waals surface area contributed by atoms with E-state index in [0.29, 0.717) is 11.3 Å². The molecule has 2 aromatic rings. The van der Waals surface area contributed by atoms with Crippen molar-refractivity contribution in [2.75, 3.05) is 13.2 Å². The van der Waals surface area contributed by atoms with Gasteiger partial charge in [0.05, 0.1) is 0 Å². The number of fused-ring (bicyclic) bond motifs is 1. The van der Waals surface area contributed by atoms with Crippen LogP contribution in [0, 0.1) is 0 Å². The first-order chi connectivity index (χ1) is 9.54. The van der Waals surface area contributed by atoms with E-state index in [1.54, 1.807) is 18.2 Å². The lowest BCUT2D eigenvalue weighted by molar-refractivity contribution is -0.138. The first-order valence-electron chi connectivity index (χ1n) is 5.70. The molecular formula is C13H11NO6. The number of ether oxygens (including phenoxy) is 1. The normalized spacial score (nSPS) is 10.2. The average molecular weight is 277 g/mol. The van der Waals surface area contributed by atoms with Crippen molar-refractivity contribution in [3.8, 4) is 5.75 Å². The topological polar surface area (TPSA) is 106 Å². The predicted molar refractivity (Wildman–Crippen MR) is 68.6 cm³/mol. The molecule has 104 valence electrons. The molecule has 1 aromatic carbocycles. The molecule has 0 aliphatic rings. The third-order valence-corrected chi connectivity index (χ3v) is 2.40. The Morgan fingerprint density at radius 2 is 2.00 bits per heavy atom. The molecule has 7 heteroatoms. The fraction of sp³-hybridized carbons (Fsp3) is 0.154. The third-order valence-electron chi connectivity index (χ3n) is 2.40. The predicted octanol–water partition coefficient (Wildman–Crippen LogP) is 0.373. The Morgan fingerprint density at radius 3 is 2.75 bits per heavy atom. The third kappa shape index (κ3) is 3.58. The molecule has 2 N–H and O–H groups in total. The highest BCUT2D eigenvalue weighted by molar-refractivity contribution is 5.82. The van der Waals surface area contributed by atoms with Crippen molar-refractivity contribution in [2.45, 2.75) is 0 Å². The van der Waals surface area contributed by atoms with E-state index < -0.39 is 24.0 Å². The van der Waals surface area contributed by atoms with Crippen LogP contribution in [-0.2, 0) is 9.59 Å². The van der Waals surface area contributed by atoms with Gasteiger partial charge in [0.15, 0.2) is 6.61 Å². The van der Waals surface area contributed by atoms with E-state index >= 15 is 0 Å². The maximum absolute atomic E-state index is 11.3. The molecule has 0 aliphatic carbocycles. The number of carbonyl (C=O) groups excluding carboxylic acids is 1. The Bertz CT molecular complexity index is 705. The highest BCUT2D eigenvalue weighted by Crippen LogP contribution is 2.19. The van der Waals surface area contributed by atoms with Crippen molar-refractivity contribution >= 4 is 22.8 Å². The number of aliphatic carboxylic acids is 1. The zero-order valence-electron chi connectivity index (χ0n) is 10.3. The molecule has 0 bridgehead atoms. The number of nitrogens with one attached hydrogen (secondary N) is 1. The highest BCUT2D eigenvalue weighted by Gasteiger charge is 2.06. The van der Waals surface area contributed by atoms with Crippen LogP contribution in [-0.4, -0.2) is 30.1 Å². The number of hydrogen-bond donors (Lipinski definition) is 2. The average Bonchev–Trinajstić information content (AvgIpc) is 2.42. The molecule has 7 nitrogen and oxygen atoms in total. The quantitative estimate of drug-likeness (QED) is 0.765. The second kappa shape index (κ2) is 5.87. The summed E-state index contributed by atoms with van der Waals surface area (Å²) in [5.41, 5.74) is -0.130. The van der Waals surface area contributed by atoms with Gasteiger partial charge >= 0.3 is 11.6 Å². The Hall–Kier alpha value is -2.83. The highest BCUT2D eigenvalue weighted by atomic mass is 16.5. The molecule has 0 saturated heterocycles. The van der Waals surface area contributed by atoms with Gasteiger partial charge in [0.1, 0.15) is 17.9 Å². The van der Waals surface area contributed by atoms with Crippen LogP contribution in [0.15, 0.2) is 39.5 Å². The molecule has 0 saturated carbocycles. The van der Waals surface area contributed by atoms with Crippen LogP contribution in [0.3, 0.4) is 0 Å². The van der Waals surface area contributed by atoms with Crippen LogP contribution in [0.2, 0.25) is 0 Å². The summed E-state index contributed by atoms with van der Waals surface area (Å²) in [5.74, 6) is -1.34. The minimum atomic E-state index is -1.13. The number of carbonyl (C=O) groups is 2. The van der Waals surface area contributed by atoms with Gasteiger partial charge in [-0.15, -0.1) is 0 Å². The lowest BCUT2D eigenvalue weighted by atomic mass is 10.2. The van der Waals surface area contributed by atoms with Gasteiger partial charge < -0.3 is 19.6 Å². The van der Waals surface area contributed by atoms with Gasteiger partial charge in [0, 0.05) is 17.5 Å². The SMILES string of the molecule is O=C(O)CNC(=O)COc1ccc2ccc(=O)oc2c1. The van der Waals surface area contributed by atoms with Crippen LogP contribution >= 0.6 is 0 Å². The number of amides is 1. The van der Waals surface area contributed by atoms with Crippen molar-refractivity contribution in [1.82, 2.24) is 5.32 Å². The zero-order chi connectivity index (χ0) is 14.5. The van der Waals surface area contributed by atoms with Crippen molar-refractivity contribution < 1.29 is 23.8 Å². The van der Waals surface area contributed by atoms with Gasteiger partial charge in [0.2, 0.25) is 0 Å². The Labute approximate surface area is 112 Å². The van der Waals surface area contributed by atoms with E-state index in [1.807, 2.05) is 0 Å². The lowest BCUT2D eigenvalue weighted by Crippen LogP contribution is -2.33. The lowest BCUT2D eigenvalue weighted by Gasteiger charge is -2.06. The minimum Gasteiger partial charge on any atom is -0.484 e. The molecule has 0 atom stereocenters. The van der Waals surface area contributed by atoms with Crippen LogP contribution in [0.4, 0.5) is 0 Å². The van der Waals surface area contributed by atoms with E-state index in [-0.39, 0.29) is 6.61 Å². The van der Waals surface area contributed by atoms with Gasteiger partial charge in [-0.25, -0.2) is 4.79 Å². The Kier molecular flexibility index (Phi) is 3.99. The molecule has 0 aliphatic heterocycles. The fourth-order valence-corrected chi connectivity index (χ4v) is 1.50. The van der Waals surface area contributed by atoms with Crippen LogP contribution < -0.4 is 15.7 Å². The number of benzene rings is 1. The number of hydrogen-bond acceptors (Lipinski definition) is 5. The standard InChI is InChI=1S/C13H11NO6/c15-11(14-6-12(16)17)7-19-9-3-1-8-2-4-13(18)20-10(8)5-9/h1-5H,6-7H2,(H,14,15)(H,16,17). The number of carboxylic acids is 1. The van der Waals surface area contributed by atoms with Gasteiger partial charge in [0.25, 0.3) is 5.91 Å². The van der Waals surface area contributed by atoms with E-state index in [0.717, 1.165) is 5.39 Å². The first kappa shape index (κ1) is 13.6. The summed E-state index contributed by atoms with van der Waals surface area (Å²) in [7, 11) is 0. The maximum Gasteiger partial charge on any atom is 0.336 e. The summed E-state index contributed by atoms with van der Waals surface area (Å²) in [5, 5.41) is 11.3. The molecule has 20 heavy (non-hydrogen) atoms. The molecule has 1 heterocycles. The summed E-state index contributed by atoms with van der Waals surface area (Å²) >= 11 is 0. The van der Waals surface area contributed by atoms with Gasteiger partial charge in [-0.2, -0.15) is 0 Å². The first-order valence-corrected chi connectivity index (χ1v) is 5.70. The van der Waals surface area contributed by atoms with Gasteiger partial charge in [-0.1, -0.05) is 0 Å². The van der Waals surface area contributed by atoms with Gasteiger partial charge in [-0.3, -0.25) is 9.59 Å². The molecule has 0 spiro atoms. The van der Waals surface area contributed by atoms with E-state index in [4.69, 9.17) is 14.3 Å². The summed E-state index contributed by atoms with van der Waals surface area (Å²) in [6, 6.07) is 7.71. The second-order valence-corrected chi connectivity index (χ2v) is 3.91. The Morgan fingerprint density at radius 1 is 1.25 bits per heavy atom. The summed E-state index contributed by atoms with van der Waals surface area (Å²) in [6.45, 7) is -0.787. The molecule has 0 radical (unpaired) electrons. The largest absolute Gasteiger partial charge is 0.484 e. The fourth-order valence-electron chi connectivity index (χ4n) is 1.50. The molecule has 0 unspecified atom stereocenters. The van der Waals surface area contributed by atoms with Crippen LogP contribution in [0.5, 0.6) is 5.75 Å². The second-order valence-electron chi connectivity index (χ2n) is 3.91. The molecule has 1 aromatic heterocycles. The zero-order valence-corrected chi connectivity index (χ0v) is 10.3. The van der Waals surface area contributed by atoms with Crippen molar-refractivity contribution in [1.29, 1.82) is 0 Å². The number of rotatable bonds is 5.